The Bertz CT molecular complexity index is 1630. The van der Waals surface area contributed by atoms with Gasteiger partial charge in [-0.05, 0) is 72.7 Å². The number of nitrogens with one attached hydrogen (secondary N) is 3. The van der Waals surface area contributed by atoms with E-state index in [0.29, 0.717) is 38.3 Å². The summed E-state index contributed by atoms with van der Waals surface area (Å²) in [6.07, 6.45) is 1.57. The largest absolute Gasteiger partial charge is 0.495 e. The maximum atomic E-state index is 13.3. The Labute approximate surface area is 258 Å². The Kier molecular flexibility index (Phi) is 10.7. The van der Waals surface area contributed by atoms with Crippen molar-refractivity contribution in [2.75, 3.05) is 23.5 Å². The number of amides is 3. The number of rotatable bonds is 10. The highest BCUT2D eigenvalue weighted by Gasteiger charge is 2.16. The molecule has 3 N–H and O–H groups in total. The van der Waals surface area contributed by atoms with E-state index < -0.39 is 11.8 Å². The number of methoxy groups -OCH3 is 1. The molecule has 0 spiro atoms. The molecule has 0 atom stereocenters. The molecule has 0 aliphatic rings. The molecule has 0 aromatic heterocycles. The van der Waals surface area contributed by atoms with Crippen LogP contribution in [0.15, 0.2) is 102 Å². The zero-order valence-electron chi connectivity index (χ0n) is 22.7. The highest BCUT2D eigenvalue weighted by Crippen LogP contribution is 2.31. The van der Waals surface area contributed by atoms with Crippen LogP contribution in [0.25, 0.3) is 6.08 Å². The number of benzene rings is 4. The average Bonchev–Trinajstić information content (AvgIpc) is 2.99. The van der Waals surface area contributed by atoms with Crippen molar-refractivity contribution < 1.29 is 19.1 Å². The van der Waals surface area contributed by atoms with E-state index in [1.807, 2.05) is 13.0 Å². The van der Waals surface area contributed by atoms with Crippen LogP contribution in [0.4, 0.5) is 11.4 Å². The maximum absolute atomic E-state index is 13.3. The lowest BCUT2D eigenvalue weighted by atomic mass is 10.1. The Morgan fingerprint density at radius 3 is 2.33 bits per heavy atom. The molecular weight excluding hydrogens is 593 g/mol. The predicted octanol–water partition coefficient (Wildman–Crippen LogP) is 7.45. The molecule has 4 aromatic rings. The number of carbonyl (C=O) groups is 3. The van der Waals surface area contributed by atoms with Crippen molar-refractivity contribution in [1.29, 1.82) is 0 Å². The van der Waals surface area contributed by atoms with Crippen molar-refractivity contribution >= 4 is 70.1 Å². The maximum Gasteiger partial charge on any atom is 0.272 e. The van der Waals surface area contributed by atoms with Gasteiger partial charge in [0.05, 0.1) is 18.6 Å². The SMILES string of the molecule is COc1cc(Cl)c(C)cc1NC(=O)CSc1cccc(NC(=O)/C(=C/c2ccc(Cl)cc2)NC(=O)c2ccccc2)c1. The Balaban J connectivity index is 1.45. The number of hydrogen-bond acceptors (Lipinski definition) is 5. The Morgan fingerprint density at radius 1 is 0.881 bits per heavy atom. The minimum atomic E-state index is -0.515. The van der Waals surface area contributed by atoms with Crippen molar-refractivity contribution in [3.63, 3.8) is 0 Å². The summed E-state index contributed by atoms with van der Waals surface area (Å²) in [5, 5.41) is 9.49. The van der Waals surface area contributed by atoms with Gasteiger partial charge in [0.1, 0.15) is 11.4 Å². The lowest BCUT2D eigenvalue weighted by Crippen LogP contribution is -2.30. The quantitative estimate of drug-likeness (QED) is 0.126. The minimum absolute atomic E-state index is 0.0517. The van der Waals surface area contributed by atoms with Gasteiger partial charge in [0.2, 0.25) is 5.91 Å². The molecule has 7 nitrogen and oxygen atoms in total. The van der Waals surface area contributed by atoms with Crippen molar-refractivity contribution in [2.45, 2.75) is 11.8 Å². The highest BCUT2D eigenvalue weighted by atomic mass is 35.5. The summed E-state index contributed by atoms with van der Waals surface area (Å²) in [5.41, 5.74) is 2.99. The molecule has 42 heavy (non-hydrogen) atoms. The van der Waals surface area contributed by atoms with Crippen LogP contribution in [-0.2, 0) is 9.59 Å². The number of aryl methyl sites for hydroxylation is 1. The summed E-state index contributed by atoms with van der Waals surface area (Å²) in [6.45, 7) is 1.84. The summed E-state index contributed by atoms with van der Waals surface area (Å²) in [7, 11) is 1.51. The molecule has 0 saturated carbocycles. The fourth-order valence-electron chi connectivity index (χ4n) is 3.80. The third kappa shape index (κ3) is 8.63. The Morgan fingerprint density at radius 2 is 1.62 bits per heavy atom. The van der Waals surface area contributed by atoms with Crippen LogP contribution in [0, 0.1) is 6.92 Å². The lowest BCUT2D eigenvalue weighted by molar-refractivity contribution is -0.114. The Hall–Kier alpha value is -4.24. The molecule has 0 radical (unpaired) electrons. The first-order valence-electron chi connectivity index (χ1n) is 12.7. The third-order valence-corrected chi connectivity index (χ3v) is 7.58. The second kappa shape index (κ2) is 14.6. The van der Waals surface area contributed by atoms with E-state index in [1.165, 1.54) is 18.9 Å². The van der Waals surface area contributed by atoms with Crippen molar-refractivity contribution in [1.82, 2.24) is 5.32 Å². The number of anilines is 2. The van der Waals surface area contributed by atoms with Gasteiger partial charge in [-0.15, -0.1) is 11.8 Å². The third-order valence-electron chi connectivity index (χ3n) is 5.93. The molecule has 0 aliphatic carbocycles. The lowest BCUT2D eigenvalue weighted by Gasteiger charge is -2.13. The van der Waals surface area contributed by atoms with Crippen LogP contribution < -0.4 is 20.7 Å². The summed E-state index contributed by atoms with van der Waals surface area (Å²) in [4.78, 5) is 39.6. The van der Waals surface area contributed by atoms with Gasteiger partial charge in [0.15, 0.2) is 0 Å². The fraction of sp³-hybridized carbons (Fsp3) is 0.0938. The number of hydrogen-bond donors (Lipinski definition) is 3. The van der Waals surface area contributed by atoms with Crippen LogP contribution in [0.1, 0.15) is 21.5 Å². The molecule has 0 unspecified atom stereocenters. The molecule has 4 rings (SSSR count). The van der Waals surface area contributed by atoms with Crippen molar-refractivity contribution in [3.8, 4) is 5.75 Å². The molecule has 0 heterocycles. The molecule has 214 valence electrons. The molecule has 10 heteroatoms. The second-order valence-corrected chi connectivity index (χ2v) is 10.9. The van der Waals surface area contributed by atoms with Crippen LogP contribution in [0.3, 0.4) is 0 Å². The van der Waals surface area contributed by atoms with Crippen molar-refractivity contribution in [3.05, 3.63) is 123 Å². The van der Waals surface area contributed by atoms with E-state index in [0.717, 1.165) is 10.5 Å². The molecule has 0 aliphatic heterocycles. The van der Waals surface area contributed by atoms with Gasteiger partial charge in [-0.3, -0.25) is 14.4 Å². The topological polar surface area (TPSA) is 96.5 Å². The normalized spacial score (nSPS) is 11.0. The smallest absolute Gasteiger partial charge is 0.272 e. The van der Waals surface area contributed by atoms with Crippen LogP contribution in [-0.4, -0.2) is 30.6 Å². The summed E-state index contributed by atoms with van der Waals surface area (Å²) < 4.78 is 5.33. The average molecular weight is 621 g/mol. The van der Waals surface area contributed by atoms with Gasteiger partial charge in [0.25, 0.3) is 11.8 Å². The van der Waals surface area contributed by atoms with Crippen LogP contribution >= 0.6 is 35.0 Å². The van der Waals surface area contributed by atoms with Gasteiger partial charge in [-0.1, -0.05) is 59.6 Å². The first kappa shape index (κ1) is 30.7. The number of ether oxygens (including phenoxy) is 1. The predicted molar refractivity (Wildman–Crippen MR) is 171 cm³/mol. The van der Waals surface area contributed by atoms with Gasteiger partial charge in [-0.25, -0.2) is 0 Å². The fourth-order valence-corrected chi connectivity index (χ4v) is 4.83. The zero-order valence-corrected chi connectivity index (χ0v) is 25.1. The van der Waals surface area contributed by atoms with Crippen LogP contribution in [0.5, 0.6) is 5.75 Å². The minimum Gasteiger partial charge on any atom is -0.495 e. The monoisotopic (exact) mass is 619 g/mol. The molecule has 0 saturated heterocycles. The van der Waals surface area contributed by atoms with Crippen LogP contribution in [0.2, 0.25) is 10.0 Å². The second-order valence-electron chi connectivity index (χ2n) is 9.05. The molecule has 4 aromatic carbocycles. The van der Waals surface area contributed by atoms with E-state index in [9.17, 15) is 14.4 Å². The summed E-state index contributed by atoms with van der Waals surface area (Å²) in [5.74, 6) is -0.577. The van der Waals surface area contributed by atoms with E-state index in [1.54, 1.807) is 91.0 Å². The van der Waals surface area contributed by atoms with E-state index >= 15 is 0 Å². The summed E-state index contributed by atoms with van der Waals surface area (Å²) in [6, 6.07) is 26.0. The summed E-state index contributed by atoms with van der Waals surface area (Å²) >= 11 is 13.5. The van der Waals surface area contributed by atoms with Gasteiger partial charge >= 0.3 is 0 Å². The number of carbonyl (C=O) groups excluding carboxylic acids is 3. The molecular formula is C32H27Cl2N3O4S. The van der Waals surface area contributed by atoms with Crippen molar-refractivity contribution in [2.24, 2.45) is 0 Å². The molecule has 3 amide bonds. The standard InChI is InChI=1S/C32H27Cl2N3O4S/c1-20-15-27(29(41-2)18-26(20)34)36-30(38)19-42-25-10-6-9-24(17-25)35-32(40)28(16-21-11-13-23(33)14-12-21)37-31(39)22-7-4-3-5-8-22/h3-18H,19H2,1-2H3,(H,35,40)(H,36,38)(H,37,39)/b28-16-. The molecule has 0 fully saturated rings. The number of halogens is 2. The van der Waals surface area contributed by atoms with Gasteiger partial charge in [-0.2, -0.15) is 0 Å². The van der Waals surface area contributed by atoms with Gasteiger partial charge < -0.3 is 20.7 Å². The highest BCUT2D eigenvalue weighted by molar-refractivity contribution is 8.00. The van der Waals surface area contributed by atoms with Gasteiger partial charge in [0, 0.05) is 32.3 Å². The first-order chi connectivity index (χ1) is 20.2. The van der Waals surface area contributed by atoms with E-state index in [2.05, 4.69) is 16.0 Å². The van der Waals surface area contributed by atoms with E-state index in [-0.39, 0.29) is 17.4 Å². The number of thioether (sulfide) groups is 1. The molecule has 0 bridgehead atoms. The van der Waals surface area contributed by atoms with E-state index in [4.69, 9.17) is 27.9 Å². The zero-order chi connectivity index (χ0) is 30.1. The first-order valence-corrected chi connectivity index (χ1v) is 14.5.